The zero-order valence-corrected chi connectivity index (χ0v) is 17.7. The van der Waals surface area contributed by atoms with Crippen molar-refractivity contribution in [2.75, 3.05) is 0 Å². The van der Waals surface area contributed by atoms with Gasteiger partial charge in [0.05, 0.1) is 0 Å². The van der Waals surface area contributed by atoms with E-state index in [9.17, 15) is 35.9 Å². The van der Waals surface area contributed by atoms with Crippen molar-refractivity contribution in [3.05, 3.63) is 12.2 Å². The number of fused-ring (bicyclic) bond motifs is 2. The van der Waals surface area contributed by atoms with Crippen molar-refractivity contribution in [1.29, 1.82) is 0 Å². The molecule has 0 aromatic rings. The highest BCUT2D eigenvalue weighted by atomic mass is 19.4. The van der Waals surface area contributed by atoms with Crippen LogP contribution in [0, 0.1) is 17.8 Å². The number of hydrogen-bond donors (Lipinski definition) is 0. The topological polar surface area (TPSA) is 61.8 Å². The molecule has 2 bridgehead atoms. The average Bonchev–Trinajstić information content (AvgIpc) is 3.09. The molecule has 0 heterocycles. The SMILES string of the molecule is C=C(C)C(=O)OC1CC2CC1CC2CC(OC(=O)OC(C)(C)C)(C(F)(F)F)C(F)(F)F. The predicted octanol–water partition coefficient (Wildman–Crippen LogP) is 5.73. The summed E-state index contributed by atoms with van der Waals surface area (Å²) in [7, 11) is 0. The van der Waals surface area contributed by atoms with Crippen molar-refractivity contribution in [2.24, 2.45) is 17.8 Å². The van der Waals surface area contributed by atoms with Crippen molar-refractivity contribution in [1.82, 2.24) is 0 Å². The molecule has 0 aliphatic heterocycles. The number of alkyl halides is 6. The Morgan fingerprint density at radius 1 is 0.903 bits per heavy atom. The molecule has 11 heteroatoms. The van der Waals surface area contributed by atoms with E-state index in [1.807, 2.05) is 0 Å². The Labute approximate surface area is 176 Å². The molecule has 2 aliphatic rings. The van der Waals surface area contributed by atoms with Crippen LogP contribution in [0.15, 0.2) is 12.2 Å². The molecule has 0 aromatic heterocycles. The maximum atomic E-state index is 13.8. The Balaban J connectivity index is 2.23. The molecule has 0 radical (unpaired) electrons. The number of esters is 1. The molecule has 0 amide bonds. The molecule has 2 saturated carbocycles. The molecule has 2 aliphatic carbocycles. The third kappa shape index (κ3) is 5.46. The van der Waals surface area contributed by atoms with Crippen molar-refractivity contribution in [3.8, 4) is 0 Å². The Morgan fingerprint density at radius 2 is 1.45 bits per heavy atom. The third-order valence-electron chi connectivity index (χ3n) is 5.66. The van der Waals surface area contributed by atoms with Crippen LogP contribution in [0.3, 0.4) is 0 Å². The maximum Gasteiger partial charge on any atom is 0.510 e. The van der Waals surface area contributed by atoms with E-state index in [1.54, 1.807) is 0 Å². The van der Waals surface area contributed by atoms with Crippen LogP contribution in [-0.4, -0.2) is 41.8 Å². The van der Waals surface area contributed by atoms with Gasteiger partial charge in [0.2, 0.25) is 0 Å². The van der Waals surface area contributed by atoms with E-state index in [1.165, 1.54) is 27.7 Å². The number of carbonyl (C=O) groups is 2. The highest BCUT2D eigenvalue weighted by molar-refractivity contribution is 5.87. The fourth-order valence-electron chi connectivity index (χ4n) is 4.31. The second-order valence-electron chi connectivity index (χ2n) is 9.30. The van der Waals surface area contributed by atoms with E-state index in [0.29, 0.717) is 6.42 Å². The number of carbonyl (C=O) groups excluding carboxylic acids is 2. The van der Waals surface area contributed by atoms with E-state index in [4.69, 9.17) is 4.74 Å². The number of hydrogen-bond acceptors (Lipinski definition) is 5. The Morgan fingerprint density at radius 3 is 1.84 bits per heavy atom. The Bertz CT molecular complexity index is 707. The van der Waals surface area contributed by atoms with Crippen molar-refractivity contribution in [3.63, 3.8) is 0 Å². The molecular weight excluding hydrogens is 434 g/mol. The molecule has 0 aromatic carbocycles. The largest absolute Gasteiger partial charge is 0.510 e. The first-order chi connectivity index (χ1) is 13.9. The van der Waals surface area contributed by atoms with Crippen LogP contribution in [0.2, 0.25) is 0 Å². The molecule has 178 valence electrons. The van der Waals surface area contributed by atoms with E-state index in [2.05, 4.69) is 16.1 Å². The maximum absolute atomic E-state index is 13.8. The van der Waals surface area contributed by atoms with E-state index >= 15 is 0 Å². The first-order valence-corrected chi connectivity index (χ1v) is 9.78. The second-order valence-corrected chi connectivity index (χ2v) is 9.30. The summed E-state index contributed by atoms with van der Waals surface area (Å²) in [5, 5.41) is 0. The minimum absolute atomic E-state index is 0.00953. The van der Waals surface area contributed by atoms with E-state index in [-0.39, 0.29) is 24.3 Å². The molecule has 4 unspecified atom stereocenters. The molecule has 0 saturated heterocycles. The normalized spacial score (nSPS) is 26.5. The summed E-state index contributed by atoms with van der Waals surface area (Å²) in [5.41, 5.74) is -5.88. The van der Waals surface area contributed by atoms with Gasteiger partial charge in [-0.05, 0) is 64.7 Å². The summed E-state index contributed by atoms with van der Waals surface area (Å²) in [6.07, 6.45) is -15.4. The van der Waals surface area contributed by atoms with Crippen LogP contribution in [0.1, 0.15) is 53.4 Å². The zero-order valence-electron chi connectivity index (χ0n) is 17.7. The molecular formula is C20H26F6O5. The molecule has 5 nitrogen and oxygen atoms in total. The first kappa shape index (κ1) is 25.3. The van der Waals surface area contributed by atoms with Crippen LogP contribution in [-0.2, 0) is 19.0 Å². The van der Waals surface area contributed by atoms with Gasteiger partial charge in [0.1, 0.15) is 11.7 Å². The summed E-state index contributed by atoms with van der Waals surface area (Å²) in [6, 6.07) is 0. The van der Waals surface area contributed by atoms with Gasteiger partial charge in [-0.3, -0.25) is 0 Å². The first-order valence-electron chi connectivity index (χ1n) is 9.78. The quantitative estimate of drug-likeness (QED) is 0.298. The van der Waals surface area contributed by atoms with E-state index < -0.39 is 60.0 Å². The summed E-state index contributed by atoms with van der Waals surface area (Å²) < 4.78 is 96.4. The summed E-state index contributed by atoms with van der Waals surface area (Å²) in [5.74, 6) is -2.56. The van der Waals surface area contributed by atoms with Crippen molar-refractivity contribution >= 4 is 12.1 Å². The van der Waals surface area contributed by atoms with Crippen LogP contribution in [0.5, 0.6) is 0 Å². The van der Waals surface area contributed by atoms with Gasteiger partial charge < -0.3 is 14.2 Å². The molecule has 0 N–H and O–H groups in total. The summed E-state index contributed by atoms with van der Waals surface area (Å²) >= 11 is 0. The van der Waals surface area contributed by atoms with Gasteiger partial charge in [-0.2, -0.15) is 26.3 Å². The lowest BCUT2D eigenvalue weighted by molar-refractivity contribution is -0.374. The fourth-order valence-corrected chi connectivity index (χ4v) is 4.31. The highest BCUT2D eigenvalue weighted by Crippen LogP contribution is 2.57. The van der Waals surface area contributed by atoms with E-state index in [0.717, 1.165) is 0 Å². The summed E-state index contributed by atoms with van der Waals surface area (Å²) in [4.78, 5) is 23.5. The van der Waals surface area contributed by atoms with Gasteiger partial charge in [0.15, 0.2) is 0 Å². The minimum Gasteiger partial charge on any atom is -0.459 e. The number of halogens is 6. The standard InChI is InChI=1S/C20H26F6O5/c1-10(2)15(27)29-14-8-11-6-12(14)7-13(11)9-18(19(21,22)23,20(24,25)26)31-16(28)30-17(3,4)5/h11-14H,1,6-9H2,2-5H3. The molecule has 2 fully saturated rings. The second kappa shape index (κ2) is 8.20. The zero-order chi connectivity index (χ0) is 24.0. The molecule has 4 atom stereocenters. The Kier molecular flexibility index (Phi) is 6.70. The number of ether oxygens (including phenoxy) is 3. The lowest BCUT2D eigenvalue weighted by Gasteiger charge is -2.40. The van der Waals surface area contributed by atoms with Crippen LogP contribution in [0.4, 0.5) is 31.1 Å². The average molecular weight is 460 g/mol. The lowest BCUT2D eigenvalue weighted by atomic mass is 9.78. The lowest BCUT2D eigenvalue weighted by Crippen LogP contribution is -2.61. The van der Waals surface area contributed by atoms with Crippen LogP contribution >= 0.6 is 0 Å². The van der Waals surface area contributed by atoms with Crippen molar-refractivity contribution < 1.29 is 50.1 Å². The molecule has 0 spiro atoms. The summed E-state index contributed by atoms with van der Waals surface area (Å²) in [6.45, 7) is 8.76. The van der Waals surface area contributed by atoms with Gasteiger partial charge in [-0.15, -0.1) is 0 Å². The van der Waals surface area contributed by atoms with Crippen LogP contribution in [0.25, 0.3) is 0 Å². The molecule has 2 rings (SSSR count). The van der Waals surface area contributed by atoms with Crippen LogP contribution < -0.4 is 0 Å². The predicted molar refractivity (Wildman–Crippen MR) is 95.8 cm³/mol. The number of rotatable bonds is 5. The van der Waals surface area contributed by atoms with Gasteiger partial charge in [-0.1, -0.05) is 6.58 Å². The smallest absolute Gasteiger partial charge is 0.459 e. The highest BCUT2D eigenvalue weighted by Gasteiger charge is 2.75. The van der Waals surface area contributed by atoms with Gasteiger partial charge >= 0.3 is 30.1 Å². The van der Waals surface area contributed by atoms with Gasteiger partial charge in [0, 0.05) is 12.0 Å². The van der Waals surface area contributed by atoms with Crippen molar-refractivity contribution in [2.45, 2.75) is 83.0 Å². The van der Waals surface area contributed by atoms with Gasteiger partial charge in [-0.25, -0.2) is 9.59 Å². The Hall–Kier alpha value is -1.94. The third-order valence-corrected chi connectivity index (χ3v) is 5.66. The monoisotopic (exact) mass is 460 g/mol. The van der Waals surface area contributed by atoms with Gasteiger partial charge in [0.25, 0.3) is 0 Å². The fraction of sp³-hybridized carbons (Fsp3) is 0.800. The molecule has 31 heavy (non-hydrogen) atoms. The minimum atomic E-state index is -5.91.